The monoisotopic (exact) mass is 693 g/mol. The standard InChI is InChI=1S/C47H28BN3O3/c1-2-14-31(15-3-1)50-36-20-7-4-17-33(36)44-38(50)28-49-47-46(44)51(37-21-8-11-24-41(37)54-47)32-16-12-13-29(25-32)30-26-42-45-43(27-30)53-40-23-10-6-19-35(40)48(45)34-18-5-9-22-39(34)52-42/h1-28H. The lowest BCUT2D eigenvalue weighted by atomic mass is 9.35. The smallest absolute Gasteiger partial charge is 0.260 e. The molecule has 7 heteroatoms. The van der Waals surface area contributed by atoms with Crippen LogP contribution in [-0.4, -0.2) is 16.3 Å². The van der Waals surface area contributed by atoms with E-state index >= 15 is 0 Å². The number of hydrogen-bond donors (Lipinski definition) is 0. The first-order valence-corrected chi connectivity index (χ1v) is 18.1. The lowest BCUT2D eigenvalue weighted by molar-refractivity contribution is 0.458. The average Bonchev–Trinajstić information content (AvgIpc) is 3.57. The molecule has 0 radical (unpaired) electrons. The van der Waals surface area contributed by atoms with Crippen molar-refractivity contribution in [3.05, 3.63) is 170 Å². The van der Waals surface area contributed by atoms with Crippen LogP contribution in [0, 0.1) is 0 Å². The molecule has 0 saturated heterocycles. The Morgan fingerprint density at radius 1 is 0.481 bits per heavy atom. The summed E-state index contributed by atoms with van der Waals surface area (Å²) in [6.07, 6.45) is 1.94. The molecule has 9 aromatic rings. The summed E-state index contributed by atoms with van der Waals surface area (Å²) >= 11 is 0. The second kappa shape index (κ2) is 11.1. The zero-order valence-electron chi connectivity index (χ0n) is 28.8. The van der Waals surface area contributed by atoms with Crippen molar-refractivity contribution in [3.63, 3.8) is 0 Å². The normalized spacial score (nSPS) is 13.2. The summed E-state index contributed by atoms with van der Waals surface area (Å²) in [6, 6.07) is 56.8. The second-order valence-electron chi connectivity index (χ2n) is 13.9. The molecular formula is C47H28BN3O3. The molecule has 12 rings (SSSR count). The van der Waals surface area contributed by atoms with Crippen molar-refractivity contribution in [2.75, 3.05) is 4.90 Å². The highest BCUT2D eigenvalue weighted by molar-refractivity contribution is 6.98. The topological polar surface area (TPSA) is 48.8 Å². The highest BCUT2D eigenvalue weighted by Crippen LogP contribution is 2.54. The van der Waals surface area contributed by atoms with Gasteiger partial charge in [0.25, 0.3) is 6.71 Å². The fourth-order valence-corrected chi connectivity index (χ4v) is 8.66. The fraction of sp³-hybridized carbons (Fsp3) is 0. The van der Waals surface area contributed by atoms with E-state index < -0.39 is 0 Å². The van der Waals surface area contributed by atoms with Crippen LogP contribution in [0.25, 0.3) is 38.6 Å². The molecule has 2 aromatic heterocycles. The van der Waals surface area contributed by atoms with Crippen LogP contribution in [0.2, 0.25) is 0 Å². The molecule has 0 amide bonds. The van der Waals surface area contributed by atoms with Gasteiger partial charge in [-0.15, -0.1) is 0 Å². The highest BCUT2D eigenvalue weighted by Gasteiger charge is 2.40. The Bertz CT molecular complexity index is 2940. The first-order chi connectivity index (χ1) is 26.8. The Kier molecular flexibility index (Phi) is 6.05. The van der Waals surface area contributed by atoms with Crippen molar-refractivity contribution in [1.82, 2.24) is 9.55 Å². The Balaban J connectivity index is 1.06. The van der Waals surface area contributed by atoms with E-state index in [1.165, 1.54) is 0 Å². The minimum atomic E-state index is 0.0274. The first-order valence-electron chi connectivity index (χ1n) is 18.1. The molecule has 0 unspecified atom stereocenters. The fourth-order valence-electron chi connectivity index (χ4n) is 8.66. The van der Waals surface area contributed by atoms with Crippen molar-refractivity contribution in [1.29, 1.82) is 0 Å². The maximum Gasteiger partial charge on any atom is 0.260 e. The molecule has 3 aliphatic heterocycles. The van der Waals surface area contributed by atoms with E-state index in [1.54, 1.807) is 0 Å². The van der Waals surface area contributed by atoms with Crippen molar-refractivity contribution in [2.45, 2.75) is 0 Å². The molecular weight excluding hydrogens is 665 g/mol. The van der Waals surface area contributed by atoms with E-state index in [0.717, 1.165) is 101 Å². The third kappa shape index (κ3) is 4.15. The molecule has 0 bridgehead atoms. The molecule has 7 aromatic carbocycles. The van der Waals surface area contributed by atoms with Crippen LogP contribution in [0.1, 0.15) is 0 Å². The van der Waals surface area contributed by atoms with Gasteiger partial charge in [-0.1, -0.05) is 97.1 Å². The SMILES string of the molecule is c1ccc(-n2c3ccccc3c3c4c(ncc32)Oc2ccccc2N4c2cccc(-c3cc4c5c(c3)Oc3ccccc3B5c3ccccc3O4)c2)cc1. The number of para-hydroxylation sites is 6. The van der Waals surface area contributed by atoms with Crippen LogP contribution in [0.4, 0.5) is 17.1 Å². The predicted octanol–water partition coefficient (Wildman–Crippen LogP) is 10.1. The van der Waals surface area contributed by atoms with E-state index in [4.69, 9.17) is 19.2 Å². The molecule has 6 nitrogen and oxygen atoms in total. The van der Waals surface area contributed by atoms with Gasteiger partial charge in [0.1, 0.15) is 28.7 Å². The minimum absolute atomic E-state index is 0.0274. The maximum atomic E-state index is 6.65. The summed E-state index contributed by atoms with van der Waals surface area (Å²) in [5.41, 5.74) is 11.4. The van der Waals surface area contributed by atoms with Gasteiger partial charge in [0.15, 0.2) is 5.75 Å². The van der Waals surface area contributed by atoms with Crippen LogP contribution >= 0.6 is 0 Å². The average molecular weight is 694 g/mol. The Hall–Kier alpha value is -7.25. The quantitative estimate of drug-likeness (QED) is 0.173. The van der Waals surface area contributed by atoms with Crippen molar-refractivity contribution >= 4 is 62.0 Å². The highest BCUT2D eigenvalue weighted by atomic mass is 16.5. The van der Waals surface area contributed by atoms with Gasteiger partial charge in [0, 0.05) is 27.6 Å². The van der Waals surface area contributed by atoms with Gasteiger partial charge in [-0.3, -0.25) is 0 Å². The number of fused-ring (bicyclic) bond motifs is 10. The summed E-state index contributed by atoms with van der Waals surface area (Å²) in [6.45, 7) is 0.0274. The molecule has 54 heavy (non-hydrogen) atoms. The Morgan fingerprint density at radius 3 is 1.91 bits per heavy atom. The zero-order valence-corrected chi connectivity index (χ0v) is 28.8. The largest absolute Gasteiger partial charge is 0.458 e. The minimum Gasteiger partial charge on any atom is -0.458 e. The third-order valence-electron chi connectivity index (χ3n) is 10.9. The molecule has 0 saturated carbocycles. The zero-order chi connectivity index (χ0) is 35.3. The van der Waals surface area contributed by atoms with Gasteiger partial charge < -0.3 is 23.7 Å². The first kappa shape index (κ1) is 29.3. The van der Waals surface area contributed by atoms with Gasteiger partial charge in [-0.2, -0.15) is 0 Å². The predicted molar refractivity (Wildman–Crippen MR) is 216 cm³/mol. The van der Waals surface area contributed by atoms with Crippen molar-refractivity contribution in [3.8, 4) is 51.4 Å². The van der Waals surface area contributed by atoms with E-state index in [1.807, 2.05) is 36.5 Å². The number of benzene rings is 7. The number of nitrogens with zero attached hydrogens (tertiary/aromatic N) is 3. The van der Waals surface area contributed by atoms with Gasteiger partial charge in [0.2, 0.25) is 5.88 Å². The summed E-state index contributed by atoms with van der Waals surface area (Å²) in [5, 5.41) is 2.19. The van der Waals surface area contributed by atoms with Crippen LogP contribution in [0.5, 0.6) is 34.6 Å². The third-order valence-corrected chi connectivity index (χ3v) is 10.9. The summed E-state index contributed by atoms with van der Waals surface area (Å²) in [7, 11) is 0. The lowest BCUT2D eigenvalue weighted by Gasteiger charge is -2.34. The Morgan fingerprint density at radius 2 is 1.13 bits per heavy atom. The molecule has 0 N–H and O–H groups in total. The van der Waals surface area contributed by atoms with Crippen LogP contribution in [-0.2, 0) is 0 Å². The Labute approximate surface area is 311 Å². The van der Waals surface area contributed by atoms with E-state index in [9.17, 15) is 0 Å². The molecule has 0 atom stereocenters. The van der Waals surface area contributed by atoms with Crippen molar-refractivity contribution < 1.29 is 14.2 Å². The maximum absolute atomic E-state index is 6.65. The van der Waals surface area contributed by atoms with E-state index in [-0.39, 0.29) is 6.71 Å². The number of pyridine rings is 1. The summed E-state index contributed by atoms with van der Waals surface area (Å²) in [5.74, 6) is 4.68. The molecule has 3 aliphatic rings. The molecule has 0 aliphatic carbocycles. The lowest BCUT2D eigenvalue weighted by Crippen LogP contribution is -2.57. The molecule has 0 spiro atoms. The molecule has 0 fully saturated rings. The van der Waals surface area contributed by atoms with Gasteiger partial charge >= 0.3 is 0 Å². The molecule has 252 valence electrons. The number of rotatable bonds is 3. The number of ether oxygens (including phenoxy) is 3. The van der Waals surface area contributed by atoms with Gasteiger partial charge in [-0.05, 0) is 88.8 Å². The van der Waals surface area contributed by atoms with Crippen molar-refractivity contribution in [2.24, 2.45) is 0 Å². The number of aromatic nitrogens is 2. The summed E-state index contributed by atoms with van der Waals surface area (Å²) in [4.78, 5) is 7.29. The number of anilines is 3. The van der Waals surface area contributed by atoms with Crippen LogP contribution in [0.15, 0.2) is 170 Å². The van der Waals surface area contributed by atoms with Crippen LogP contribution in [0.3, 0.4) is 0 Å². The van der Waals surface area contributed by atoms with Gasteiger partial charge in [0.05, 0.1) is 22.9 Å². The van der Waals surface area contributed by atoms with Crippen LogP contribution < -0.4 is 35.5 Å². The molecule has 5 heterocycles. The second-order valence-corrected chi connectivity index (χ2v) is 13.9. The summed E-state index contributed by atoms with van der Waals surface area (Å²) < 4.78 is 22.2. The van der Waals surface area contributed by atoms with E-state index in [2.05, 4.69) is 143 Å². The van der Waals surface area contributed by atoms with E-state index in [0.29, 0.717) is 5.88 Å². The number of hydrogen-bond acceptors (Lipinski definition) is 5. The van der Waals surface area contributed by atoms with Gasteiger partial charge in [-0.25, -0.2) is 4.98 Å².